The van der Waals surface area contributed by atoms with Gasteiger partial charge in [-0.1, -0.05) is 0 Å². The highest BCUT2D eigenvalue weighted by Gasteiger charge is 2.36. The van der Waals surface area contributed by atoms with Gasteiger partial charge in [0.2, 0.25) is 11.8 Å². The average molecular weight is 1580 g/mol. The van der Waals surface area contributed by atoms with Crippen LogP contribution in [0.4, 0.5) is 0 Å². The lowest BCUT2D eigenvalue weighted by molar-refractivity contribution is -0.131. The number of carbonyl (C=O) groups is 2. The van der Waals surface area contributed by atoms with Crippen LogP contribution in [0.1, 0.15) is 6.42 Å². The topological polar surface area (TPSA) is 643 Å². The molecule has 24 N–H and O–H groups in total. The van der Waals surface area contributed by atoms with E-state index in [1.54, 1.807) is 0 Å². The van der Waals surface area contributed by atoms with Gasteiger partial charge in [-0.05, 0) is 0 Å². The highest BCUT2D eigenvalue weighted by Crippen LogP contribution is 2.14. The van der Waals surface area contributed by atoms with E-state index in [-0.39, 0.29) is 118 Å². The fourth-order valence-corrected chi connectivity index (χ4v) is 8.93. The van der Waals surface area contributed by atoms with Crippen molar-refractivity contribution in [1.29, 1.82) is 0 Å². The third kappa shape index (κ3) is 56.3. The largest absolute Gasteiger partial charge is 0.394 e. The Balaban J connectivity index is 3.73. The summed E-state index contributed by atoms with van der Waals surface area (Å²) in [6, 6.07) is -1.05. The van der Waals surface area contributed by atoms with E-state index in [0.29, 0.717) is 126 Å². The number of amides is 2. The van der Waals surface area contributed by atoms with Gasteiger partial charge in [-0.25, -0.2) is 0 Å². The van der Waals surface area contributed by atoms with Crippen molar-refractivity contribution in [1.82, 2.24) is 20.4 Å². The van der Waals surface area contributed by atoms with Gasteiger partial charge in [0.25, 0.3) is 0 Å². The van der Waals surface area contributed by atoms with Crippen LogP contribution < -0.4 is 16.4 Å². The average Bonchev–Trinajstić information content (AvgIpc) is 0.874. The summed E-state index contributed by atoms with van der Waals surface area (Å²) in [5.41, 5.74) is 5.89. The molecule has 43 nitrogen and oxygen atoms in total. The van der Waals surface area contributed by atoms with E-state index in [1.807, 2.05) is 0 Å². The molecule has 640 valence electrons. The Kier molecular flexibility index (Phi) is 69.4. The van der Waals surface area contributed by atoms with Gasteiger partial charge in [0.15, 0.2) is 0 Å². The molecule has 0 aliphatic heterocycles. The van der Waals surface area contributed by atoms with Crippen LogP contribution in [-0.4, -0.2) is 518 Å². The Labute approximate surface area is 624 Å². The van der Waals surface area contributed by atoms with Crippen molar-refractivity contribution in [2.24, 2.45) is 5.73 Å². The van der Waals surface area contributed by atoms with Gasteiger partial charge in [0.05, 0.1) is 275 Å². The monoisotopic (exact) mass is 1580 g/mol. The van der Waals surface area contributed by atoms with Crippen molar-refractivity contribution in [2.75, 3.05) is 290 Å². The molecular formula is C64H131N5O38. The summed E-state index contributed by atoms with van der Waals surface area (Å²) in [6.07, 6.45) is -29.2. The lowest BCUT2D eigenvalue weighted by Crippen LogP contribution is -2.53. The Morgan fingerprint density at radius 1 is 0.252 bits per heavy atom. The zero-order chi connectivity index (χ0) is 79.7. The Morgan fingerprint density at radius 3 is 0.617 bits per heavy atom. The minimum atomic E-state index is -1.90. The molecule has 17 atom stereocenters. The number of hydrogen-bond donors (Lipinski definition) is 23. The molecule has 43 heteroatoms. The molecule has 0 aromatic carbocycles. The lowest BCUT2D eigenvalue weighted by atomic mass is 10.0. The molecule has 0 rings (SSSR count). The zero-order valence-electron chi connectivity index (χ0n) is 61.4. The first-order chi connectivity index (χ1) is 51.5. The first-order valence-corrected chi connectivity index (χ1v) is 35.8. The van der Waals surface area contributed by atoms with E-state index >= 15 is 0 Å². The normalized spacial score (nSPS) is 17.0. The SMILES string of the molecule is N[C@@H](CC(=O)NCCOCCOCCOCCOCCOCCOCCOCCOCCN(C[C@H](O)[C@@H](O)[C@H](O)[C@H](O)CO)C[C@H](O)[C@@H](O)[C@H](O)[C@H](O)CO)C(=O)NCCOCCOCCOCCOCCOCCOCCOCCOCCN(C[C@H](O)[C@@H](O)[C@H](O)[C@H](O)CO)C[C@H](O)[C@@H](O)[C@H](O)[C@H](O)CO. The number of rotatable bonds is 81. The maximum Gasteiger partial charge on any atom is 0.237 e. The molecule has 0 aromatic rings. The molecule has 0 fully saturated rings. The first-order valence-electron chi connectivity index (χ1n) is 35.8. The van der Waals surface area contributed by atoms with E-state index in [1.165, 1.54) is 9.80 Å². The van der Waals surface area contributed by atoms with Gasteiger partial charge in [-0.3, -0.25) is 19.4 Å². The summed E-state index contributed by atoms with van der Waals surface area (Å²) in [7, 11) is 0. The molecule has 0 radical (unpaired) electrons. The van der Waals surface area contributed by atoms with Crippen LogP contribution in [0.3, 0.4) is 0 Å². The van der Waals surface area contributed by atoms with Gasteiger partial charge >= 0.3 is 0 Å². The molecule has 0 spiro atoms. The predicted molar refractivity (Wildman–Crippen MR) is 369 cm³/mol. The van der Waals surface area contributed by atoms with E-state index < -0.39 is 168 Å². The van der Waals surface area contributed by atoms with Crippen molar-refractivity contribution < 1.29 is 188 Å². The molecule has 2 amide bonds. The zero-order valence-corrected chi connectivity index (χ0v) is 61.4. The van der Waals surface area contributed by atoms with Gasteiger partial charge in [0.1, 0.15) is 73.2 Å². The molecule has 0 aromatic heterocycles. The van der Waals surface area contributed by atoms with Gasteiger partial charge in [0, 0.05) is 52.4 Å². The molecule has 0 saturated carbocycles. The van der Waals surface area contributed by atoms with Gasteiger partial charge in [-0.2, -0.15) is 0 Å². The molecule has 0 saturated heterocycles. The summed E-state index contributed by atoms with van der Waals surface area (Å²) in [5, 5.41) is 203. The standard InChI is InChI=1S/C64H131N5O38/c65-46(64(91)67-2-6-93-10-14-97-18-22-101-26-30-105-34-36-107-32-28-103-24-20-99-16-12-95-8-4-69(40-49(76)58(85)62(89)53(80)44-72)41-50(77)59(86)63(90)54(81)45-73)37-55(82)66-1-5-92-9-13-96-17-21-100-25-29-104-33-35-106-31-27-102-23-19-98-15-11-94-7-3-68(38-47(74)56(83)60(87)51(78)42-70)39-48(75)57(84)61(88)52(79)43-71/h46-54,56-63,70-81,83-90H,1-45,65H2,(H,66,82)(H,67,91)/t46-,47-,48-,49-,50-,51+,52+,53+,54+,56+,57+,58+,59+,60+,61+,62+,63+/m0/s1. The van der Waals surface area contributed by atoms with Crippen molar-refractivity contribution in [3.05, 3.63) is 0 Å². The van der Waals surface area contributed by atoms with E-state index in [9.17, 15) is 91.3 Å². The second-order valence-electron chi connectivity index (χ2n) is 24.0. The minimum absolute atomic E-state index is 0.00407. The number of nitrogens with zero attached hydrogens (tertiary/aromatic N) is 2. The third-order valence-corrected chi connectivity index (χ3v) is 15.3. The van der Waals surface area contributed by atoms with Crippen LogP contribution in [0.5, 0.6) is 0 Å². The number of nitrogens with one attached hydrogen (secondary N) is 2. The smallest absolute Gasteiger partial charge is 0.237 e. The lowest BCUT2D eigenvalue weighted by Gasteiger charge is -2.33. The van der Waals surface area contributed by atoms with E-state index in [2.05, 4.69) is 10.6 Å². The summed E-state index contributed by atoms with van der Waals surface area (Å²) in [5.74, 6) is -0.898. The van der Waals surface area contributed by atoms with Crippen LogP contribution in [0.25, 0.3) is 0 Å². The number of aliphatic hydroxyl groups is 20. The minimum Gasteiger partial charge on any atom is -0.394 e. The molecule has 0 aliphatic carbocycles. The molecule has 0 unspecified atom stereocenters. The Morgan fingerprint density at radius 2 is 0.421 bits per heavy atom. The molecule has 0 heterocycles. The second-order valence-corrected chi connectivity index (χ2v) is 24.0. The maximum absolute atomic E-state index is 12.3. The summed E-state index contributed by atoms with van der Waals surface area (Å²) >= 11 is 0. The van der Waals surface area contributed by atoms with Crippen LogP contribution in [0.15, 0.2) is 0 Å². The van der Waals surface area contributed by atoms with Gasteiger partial charge < -0.3 is 194 Å². The summed E-state index contributed by atoms with van der Waals surface area (Å²) in [6.45, 7) is 4.23. The quantitative estimate of drug-likeness (QED) is 0.0251. The van der Waals surface area contributed by atoms with E-state index in [0.717, 1.165) is 0 Å². The van der Waals surface area contributed by atoms with Crippen molar-refractivity contribution in [2.45, 2.75) is 110 Å². The second kappa shape index (κ2) is 71.2. The molecule has 107 heavy (non-hydrogen) atoms. The highest BCUT2D eigenvalue weighted by atomic mass is 16.6. The number of aliphatic hydroxyl groups excluding tert-OH is 20. The number of hydrogen-bond acceptors (Lipinski definition) is 41. The summed E-state index contributed by atoms with van der Waals surface area (Å²) in [4.78, 5) is 27.2. The maximum atomic E-state index is 12.3. The van der Waals surface area contributed by atoms with Crippen LogP contribution >= 0.6 is 0 Å². The van der Waals surface area contributed by atoms with Crippen molar-refractivity contribution >= 4 is 11.8 Å². The van der Waals surface area contributed by atoms with Gasteiger partial charge in [-0.15, -0.1) is 0 Å². The van der Waals surface area contributed by atoms with Crippen LogP contribution in [-0.2, 0) is 85.4 Å². The van der Waals surface area contributed by atoms with Crippen molar-refractivity contribution in [3.63, 3.8) is 0 Å². The molecular weight excluding hydrogens is 1450 g/mol. The number of carbonyl (C=O) groups excluding carboxylic acids is 2. The van der Waals surface area contributed by atoms with E-state index in [4.69, 9.17) is 102 Å². The number of ether oxygens (including phenoxy) is 16. The fraction of sp³-hybridized carbons (Fsp3) is 0.969. The van der Waals surface area contributed by atoms with Crippen LogP contribution in [0.2, 0.25) is 0 Å². The first kappa shape index (κ1) is 104. The van der Waals surface area contributed by atoms with Crippen molar-refractivity contribution in [3.8, 4) is 0 Å². The molecule has 0 bridgehead atoms. The molecule has 0 aliphatic rings. The number of nitrogens with two attached hydrogens (primary N) is 1. The third-order valence-electron chi connectivity index (χ3n) is 15.3. The van der Waals surface area contributed by atoms with Crippen LogP contribution in [0, 0.1) is 0 Å². The predicted octanol–water partition coefficient (Wildman–Crippen LogP) is -14.5. The highest BCUT2D eigenvalue weighted by molar-refractivity contribution is 5.88. The summed E-state index contributed by atoms with van der Waals surface area (Å²) < 4.78 is 87.7. The Hall–Kier alpha value is -2.62. The fourth-order valence-electron chi connectivity index (χ4n) is 8.93. The Bertz CT molecular complexity index is 1920.